The summed E-state index contributed by atoms with van der Waals surface area (Å²) in [6, 6.07) is 20.9. The van der Waals surface area contributed by atoms with E-state index in [4.69, 9.17) is 135 Å². The molecule has 0 aliphatic carbocycles. The highest BCUT2D eigenvalue weighted by molar-refractivity contribution is 9.09. The Balaban J connectivity index is 0.000000240. The number of aryl methyl sites for hydroxylation is 2. The molecule has 34 nitrogen and oxygen atoms in total. The van der Waals surface area contributed by atoms with E-state index in [1.807, 2.05) is 0 Å². The molecule has 0 saturated carbocycles. The molecule has 0 aliphatic rings. The van der Waals surface area contributed by atoms with Crippen LogP contribution in [0.15, 0.2) is 91.8 Å². The van der Waals surface area contributed by atoms with E-state index in [0.717, 1.165) is 31.2 Å². The number of aromatic nitrogens is 24. The van der Waals surface area contributed by atoms with Crippen LogP contribution in [0.4, 0.5) is 35.2 Å². The molecule has 11 rings (SSSR count). The molecule has 7 heterocycles. The van der Waals surface area contributed by atoms with Crippen LogP contribution < -0.4 is 33.6 Å². The molecule has 43 heteroatoms. The summed E-state index contributed by atoms with van der Waals surface area (Å²) in [5.74, 6) is 2.76. The molecule has 103 heavy (non-hydrogen) atoms. The van der Waals surface area contributed by atoms with Gasteiger partial charge in [0.2, 0.25) is 11.9 Å². The monoisotopic (exact) mass is 1640 g/mol. The predicted molar refractivity (Wildman–Crippen MR) is 403 cm³/mol. The predicted octanol–water partition coefficient (Wildman–Crippen LogP) is 11.1. The van der Waals surface area contributed by atoms with Gasteiger partial charge in [0.05, 0.1) is 86.3 Å². The van der Waals surface area contributed by atoms with Gasteiger partial charge in [-0.1, -0.05) is 184 Å². The lowest BCUT2D eigenvalue weighted by atomic mass is 10.1. The minimum Gasteiger partial charge on any atom is -0.382 e. The highest BCUT2D eigenvalue weighted by atomic mass is 79.9. The van der Waals surface area contributed by atoms with E-state index in [-0.39, 0.29) is 32.3 Å². The van der Waals surface area contributed by atoms with Crippen molar-refractivity contribution in [2.24, 2.45) is 0 Å². The summed E-state index contributed by atoms with van der Waals surface area (Å²) in [7, 11) is 0. The van der Waals surface area contributed by atoms with Gasteiger partial charge in [-0.05, 0) is 59.2 Å². The van der Waals surface area contributed by atoms with Crippen LogP contribution in [0.1, 0.15) is 52.7 Å². The molecule has 0 aliphatic heterocycles. The summed E-state index contributed by atoms with van der Waals surface area (Å²) in [6.45, 7) is 8.80. The Labute approximate surface area is 640 Å². The number of hydrogen-bond donors (Lipinski definition) is 7. The molecule has 0 amide bonds. The molecule has 11 N–H and O–H groups in total. The van der Waals surface area contributed by atoms with Crippen LogP contribution in [0.25, 0.3) is 45.0 Å². The Kier molecular flexibility index (Phi) is 38.9. The summed E-state index contributed by atoms with van der Waals surface area (Å²) < 4.78 is 23.3. The highest BCUT2D eigenvalue weighted by Gasteiger charge is 2.18. The van der Waals surface area contributed by atoms with E-state index in [1.165, 1.54) is 23.8 Å². The maximum absolute atomic E-state index is 6.18. The molecular formula is C60H73BrCl8N30O4. The second-order valence-electron chi connectivity index (χ2n) is 19.9. The van der Waals surface area contributed by atoms with Crippen molar-refractivity contribution >= 4 is 144 Å². The van der Waals surface area contributed by atoms with Crippen molar-refractivity contribution in [1.82, 2.24) is 122 Å². The molecule has 550 valence electrons. The maximum atomic E-state index is 6.18. The van der Waals surface area contributed by atoms with Gasteiger partial charge >= 0.3 is 0 Å². The van der Waals surface area contributed by atoms with Crippen molar-refractivity contribution in [2.75, 3.05) is 105 Å². The first-order valence-corrected chi connectivity index (χ1v) is 34.4. The Hall–Kier alpha value is -8.43. The first-order chi connectivity index (χ1) is 49.1. The zero-order valence-electron chi connectivity index (χ0n) is 53.5. The van der Waals surface area contributed by atoms with Crippen LogP contribution in [0.5, 0.6) is 0 Å². The Bertz CT molecular complexity index is 3980. The number of nitrogen functional groups attached to an aromatic ring is 4. The Morgan fingerprint density at radius 3 is 1.25 bits per heavy atom. The van der Waals surface area contributed by atoms with Gasteiger partial charge in [0.1, 0.15) is 29.1 Å². The average Bonchev–Trinajstić information content (AvgIpc) is 1.60. The fourth-order valence-electron chi connectivity index (χ4n) is 8.05. The largest absolute Gasteiger partial charge is 0.382 e. The van der Waals surface area contributed by atoms with E-state index >= 15 is 0 Å². The van der Waals surface area contributed by atoms with E-state index in [9.17, 15) is 0 Å². The number of ether oxygens (including phenoxy) is 4. The van der Waals surface area contributed by atoms with Crippen LogP contribution in [-0.2, 0) is 44.9 Å². The number of nitrogens with one attached hydrogen (secondary N) is 3. The number of rotatable bonds is 30. The van der Waals surface area contributed by atoms with Gasteiger partial charge in [-0.3, -0.25) is 0 Å². The summed E-state index contributed by atoms with van der Waals surface area (Å²) in [5.41, 5.74) is 27.9. The van der Waals surface area contributed by atoms with E-state index in [1.54, 1.807) is 77.5 Å². The van der Waals surface area contributed by atoms with Crippen molar-refractivity contribution in [3.8, 4) is 45.0 Å². The van der Waals surface area contributed by atoms with Gasteiger partial charge in [-0.25, -0.2) is 14.6 Å². The van der Waals surface area contributed by atoms with E-state index in [0.29, 0.717) is 200 Å². The first kappa shape index (κ1) is 85.2. The molecule has 0 atom stereocenters. The summed E-state index contributed by atoms with van der Waals surface area (Å²) in [5, 5.41) is 76.9. The van der Waals surface area contributed by atoms with Gasteiger partial charge in [-0.2, -0.15) is 20.0 Å². The lowest BCUT2D eigenvalue weighted by Crippen LogP contribution is -2.16. The smallest absolute Gasteiger partial charge is 0.244 e. The number of halogens is 9. The Morgan fingerprint density at radius 1 is 0.466 bits per heavy atom. The summed E-state index contributed by atoms with van der Waals surface area (Å²) in [4.78, 5) is 18.4. The number of H-pyrrole nitrogens is 1. The molecular weight excluding hydrogens is 1570 g/mol. The maximum Gasteiger partial charge on any atom is 0.244 e. The van der Waals surface area contributed by atoms with Crippen molar-refractivity contribution < 1.29 is 18.9 Å². The van der Waals surface area contributed by atoms with Crippen LogP contribution in [0, 0.1) is 0 Å². The molecule has 0 radical (unpaired) electrons. The highest BCUT2D eigenvalue weighted by Crippen LogP contribution is 2.38. The van der Waals surface area contributed by atoms with Gasteiger partial charge in [0.25, 0.3) is 0 Å². The number of nitrogens with zero attached hydrogens (tertiary/aromatic N) is 23. The third-order valence-electron chi connectivity index (χ3n) is 12.7. The van der Waals surface area contributed by atoms with Crippen LogP contribution in [0.3, 0.4) is 0 Å². The van der Waals surface area contributed by atoms with Crippen LogP contribution in [0.2, 0.25) is 40.2 Å². The topological polar surface area (TPSA) is 461 Å². The van der Waals surface area contributed by atoms with Crippen molar-refractivity contribution in [3.05, 3.63) is 144 Å². The minimum absolute atomic E-state index is 0. The number of anilines is 6. The molecule has 0 bridgehead atoms. The number of nitrogens with two attached hydrogens (primary N) is 4. The van der Waals surface area contributed by atoms with Crippen molar-refractivity contribution in [3.63, 3.8) is 0 Å². The van der Waals surface area contributed by atoms with Crippen LogP contribution in [-0.4, -0.2) is 193 Å². The molecule has 0 fully saturated rings. The third kappa shape index (κ3) is 28.3. The third-order valence-corrected chi connectivity index (χ3v) is 16.3. The number of tetrazole rings is 3. The quantitative estimate of drug-likeness (QED) is 0.0162. The summed E-state index contributed by atoms with van der Waals surface area (Å²) in [6.07, 6.45) is 8.21. The number of hydrogen-bond acceptors (Lipinski definition) is 31. The lowest BCUT2D eigenvalue weighted by Gasteiger charge is -2.09. The molecule has 0 saturated heterocycles. The fourth-order valence-corrected chi connectivity index (χ4v) is 9.84. The van der Waals surface area contributed by atoms with Gasteiger partial charge < -0.3 is 52.5 Å². The van der Waals surface area contributed by atoms with E-state index in [2.05, 4.69) is 146 Å². The number of benzene rings is 4. The first-order valence-electron chi connectivity index (χ1n) is 30.2. The zero-order valence-corrected chi connectivity index (χ0v) is 61.2. The lowest BCUT2D eigenvalue weighted by molar-refractivity contribution is 0.129. The standard InChI is InChI=1S/C15H18Cl2N4O.C14H15BrCl2N4O.2C14H15Cl2N9O.CH2N4.2CH4/c1-2-8-22-9-4-7-12-19-15(18)14(21-20-12)10-5-3-6-11(16)13(10)17;15-6-8-22-7-2-5-11-19-14(18)13(21-20-11)9-3-1-4-10(16)12(9)17;15-10-3-1-2-9(11(10)16)12-13(17)20-14(22-21-12)18-4-6-26-7-5-25-8-19-23-24-25;15-10-3-1-2-9(11(10)16)12-13(17)21-14(23-22-12)18-4-6-26-7-5-25-20-8-19-24-25;1-2-4-5-3-1;;/h3,5-6H,2,4,7-9H2,1H3,(H2,18,19,20);1,3-4H,2,5-8H2,(H2,18,19,20);1-3,8H,4-7H2,(H3,17,18,20,22);1-3,8H,4-7H2,(H3,17,18,21,23);1H,(H,2,3,4,5);2*1H4. The molecule has 11 aromatic rings. The number of aromatic amines is 1. The molecule has 4 aromatic carbocycles. The summed E-state index contributed by atoms with van der Waals surface area (Å²) >= 11 is 52.0. The van der Waals surface area contributed by atoms with Gasteiger partial charge in [-0.15, -0.1) is 66.3 Å². The fraction of sp³-hybridized carbons (Fsp3) is 0.350. The average molecular weight is 1640 g/mol. The van der Waals surface area contributed by atoms with E-state index < -0.39 is 0 Å². The molecule has 0 spiro atoms. The second-order valence-corrected chi connectivity index (χ2v) is 23.9. The van der Waals surface area contributed by atoms with Crippen LogP contribution >= 0.6 is 109 Å². The zero-order chi connectivity index (χ0) is 72.1. The van der Waals surface area contributed by atoms with Gasteiger partial charge in [0.15, 0.2) is 47.6 Å². The van der Waals surface area contributed by atoms with Crippen molar-refractivity contribution in [2.45, 2.75) is 67.0 Å². The second kappa shape index (κ2) is 47.0. The minimum atomic E-state index is 0. The Morgan fingerprint density at radius 2 is 0.893 bits per heavy atom. The SMILES string of the molecule is C.C.CCCOCCCc1nnc(-c2cccc(Cl)c2Cl)c(N)n1.Nc1nc(CCCOCCBr)nnc1-c1cccc(Cl)c1Cl.Nc1nc(NCCOCCn2cnnn2)nnc1-c1cccc(Cl)c1Cl.Nc1nc(NCCOCCn2ncnn2)nnc1-c1cccc(Cl)c1Cl.c1nn[nH]n1. The number of alkyl halides is 1. The van der Waals surface area contributed by atoms with Gasteiger partial charge in [0, 0.05) is 73.3 Å². The van der Waals surface area contributed by atoms with Crippen molar-refractivity contribution in [1.29, 1.82) is 0 Å². The normalized spacial score (nSPS) is 10.5. The molecule has 0 unspecified atom stereocenters. The molecule has 7 aromatic heterocycles.